The van der Waals surface area contributed by atoms with E-state index in [9.17, 15) is 13.2 Å². The van der Waals surface area contributed by atoms with Crippen LogP contribution in [0.1, 0.15) is 21.9 Å². The van der Waals surface area contributed by atoms with Crippen LogP contribution in [0, 0.1) is 6.92 Å². The number of furan rings is 1. The van der Waals surface area contributed by atoms with Crippen LogP contribution in [0.2, 0.25) is 0 Å². The Labute approximate surface area is 121 Å². The number of carboxylic acids is 1. The summed E-state index contributed by atoms with van der Waals surface area (Å²) >= 11 is 0. The summed E-state index contributed by atoms with van der Waals surface area (Å²) in [6.07, 6.45) is 0. The molecule has 0 saturated heterocycles. The number of hydrogen-bond acceptors (Lipinski definition) is 5. The van der Waals surface area contributed by atoms with E-state index in [-0.39, 0.29) is 6.54 Å². The minimum absolute atomic E-state index is 0.0626. The zero-order chi connectivity index (χ0) is 15.6. The van der Waals surface area contributed by atoms with Gasteiger partial charge in [0, 0.05) is 12.7 Å². The maximum Gasteiger partial charge on any atom is 0.371 e. The molecule has 112 valence electrons. The standard InChI is InChI=1S/C13H14N2O5S/c1-9-4-3-5-10(14-9)8-15(2)21(18,19)12-7-6-11(20-12)13(16)17/h3-7H,8H2,1-2H3,(H,16,17). The van der Waals surface area contributed by atoms with Gasteiger partial charge in [0.1, 0.15) is 0 Å². The van der Waals surface area contributed by atoms with E-state index < -0.39 is 26.8 Å². The van der Waals surface area contributed by atoms with Gasteiger partial charge in [0.05, 0.1) is 12.2 Å². The molecule has 7 nitrogen and oxygen atoms in total. The number of hydrogen-bond donors (Lipinski definition) is 1. The molecule has 0 spiro atoms. The molecule has 0 aromatic carbocycles. The van der Waals surface area contributed by atoms with Crippen molar-refractivity contribution >= 4 is 16.0 Å². The van der Waals surface area contributed by atoms with Crippen molar-refractivity contribution in [2.75, 3.05) is 7.05 Å². The fourth-order valence-electron chi connectivity index (χ4n) is 1.73. The molecule has 2 rings (SSSR count). The van der Waals surface area contributed by atoms with Gasteiger partial charge in [-0.15, -0.1) is 0 Å². The van der Waals surface area contributed by atoms with Gasteiger partial charge in [-0.05, 0) is 31.2 Å². The van der Waals surface area contributed by atoms with Crippen LogP contribution in [0.5, 0.6) is 0 Å². The third-order valence-electron chi connectivity index (χ3n) is 2.79. The topological polar surface area (TPSA) is 101 Å². The molecule has 0 aliphatic rings. The average Bonchev–Trinajstić information content (AvgIpc) is 2.89. The molecule has 0 bridgehead atoms. The van der Waals surface area contributed by atoms with E-state index in [1.54, 1.807) is 12.1 Å². The SMILES string of the molecule is Cc1cccc(CN(C)S(=O)(=O)c2ccc(C(=O)O)o2)n1. The number of aromatic nitrogens is 1. The smallest absolute Gasteiger partial charge is 0.371 e. The van der Waals surface area contributed by atoms with Crippen LogP contribution in [-0.4, -0.2) is 35.8 Å². The predicted molar refractivity (Wildman–Crippen MR) is 73.3 cm³/mol. The van der Waals surface area contributed by atoms with Crippen molar-refractivity contribution in [3.63, 3.8) is 0 Å². The second kappa shape index (κ2) is 5.66. The van der Waals surface area contributed by atoms with Crippen LogP contribution in [0.25, 0.3) is 0 Å². The van der Waals surface area contributed by atoms with Gasteiger partial charge < -0.3 is 9.52 Å². The molecule has 0 radical (unpaired) electrons. The second-order valence-corrected chi connectivity index (χ2v) is 6.43. The van der Waals surface area contributed by atoms with E-state index in [4.69, 9.17) is 9.52 Å². The van der Waals surface area contributed by atoms with Crippen LogP contribution < -0.4 is 0 Å². The molecule has 0 aliphatic carbocycles. The fraction of sp³-hybridized carbons (Fsp3) is 0.231. The molecule has 0 aliphatic heterocycles. The number of nitrogens with zero attached hydrogens (tertiary/aromatic N) is 2. The van der Waals surface area contributed by atoms with Crippen molar-refractivity contribution in [2.45, 2.75) is 18.6 Å². The van der Waals surface area contributed by atoms with Gasteiger partial charge in [-0.1, -0.05) is 6.07 Å². The lowest BCUT2D eigenvalue weighted by atomic mass is 10.3. The summed E-state index contributed by atoms with van der Waals surface area (Å²) < 4.78 is 30.4. The third kappa shape index (κ3) is 3.29. The van der Waals surface area contributed by atoms with Gasteiger partial charge in [0.2, 0.25) is 10.9 Å². The Bertz CT molecular complexity index is 766. The van der Waals surface area contributed by atoms with Gasteiger partial charge in [-0.3, -0.25) is 4.98 Å². The minimum atomic E-state index is -3.90. The molecule has 0 unspecified atom stereocenters. The zero-order valence-corrected chi connectivity index (χ0v) is 12.3. The highest BCUT2D eigenvalue weighted by Crippen LogP contribution is 2.19. The van der Waals surface area contributed by atoms with Crippen molar-refractivity contribution in [1.29, 1.82) is 0 Å². The highest BCUT2D eigenvalue weighted by Gasteiger charge is 2.26. The van der Waals surface area contributed by atoms with Crippen molar-refractivity contribution in [3.8, 4) is 0 Å². The Balaban J connectivity index is 2.23. The van der Waals surface area contributed by atoms with Gasteiger partial charge >= 0.3 is 5.97 Å². The van der Waals surface area contributed by atoms with Gasteiger partial charge in [0.15, 0.2) is 0 Å². The molecular weight excluding hydrogens is 296 g/mol. The molecule has 1 N–H and O–H groups in total. The highest BCUT2D eigenvalue weighted by atomic mass is 32.2. The van der Waals surface area contributed by atoms with Gasteiger partial charge in [-0.2, -0.15) is 4.31 Å². The normalized spacial score (nSPS) is 11.8. The number of aryl methyl sites for hydroxylation is 1. The lowest BCUT2D eigenvalue weighted by Gasteiger charge is -2.15. The monoisotopic (exact) mass is 310 g/mol. The van der Waals surface area contributed by atoms with Gasteiger partial charge in [-0.25, -0.2) is 13.2 Å². The first kappa shape index (κ1) is 15.2. The van der Waals surface area contributed by atoms with E-state index in [0.717, 1.165) is 22.1 Å². The molecule has 0 amide bonds. The lowest BCUT2D eigenvalue weighted by Crippen LogP contribution is -2.26. The maximum atomic E-state index is 12.3. The Morgan fingerprint density at radius 1 is 1.33 bits per heavy atom. The first-order valence-electron chi connectivity index (χ1n) is 6.02. The molecule has 0 atom stereocenters. The molecule has 0 saturated carbocycles. The highest BCUT2D eigenvalue weighted by molar-refractivity contribution is 7.88. The predicted octanol–water partition coefficient (Wildman–Crippen LogP) is 1.50. The Morgan fingerprint density at radius 3 is 2.62 bits per heavy atom. The molecule has 21 heavy (non-hydrogen) atoms. The molecular formula is C13H14N2O5S. The van der Waals surface area contributed by atoms with E-state index in [2.05, 4.69) is 4.98 Å². The minimum Gasteiger partial charge on any atom is -0.475 e. The first-order valence-corrected chi connectivity index (χ1v) is 7.46. The van der Waals surface area contributed by atoms with Crippen LogP contribution >= 0.6 is 0 Å². The molecule has 2 heterocycles. The average molecular weight is 310 g/mol. The van der Waals surface area contributed by atoms with Crippen LogP contribution in [-0.2, 0) is 16.6 Å². The number of pyridine rings is 1. The summed E-state index contributed by atoms with van der Waals surface area (Å²) in [6.45, 7) is 1.87. The third-order valence-corrected chi connectivity index (χ3v) is 4.46. The second-order valence-electron chi connectivity index (χ2n) is 4.46. The Kier molecular flexibility index (Phi) is 4.10. The fourth-order valence-corrected chi connectivity index (χ4v) is 2.77. The number of sulfonamides is 1. The van der Waals surface area contributed by atoms with Crippen molar-refractivity contribution < 1.29 is 22.7 Å². The van der Waals surface area contributed by atoms with Gasteiger partial charge in [0.25, 0.3) is 10.0 Å². The van der Waals surface area contributed by atoms with E-state index >= 15 is 0 Å². The van der Waals surface area contributed by atoms with Crippen LogP contribution in [0.15, 0.2) is 39.8 Å². The Hall–Kier alpha value is -2.19. The van der Waals surface area contributed by atoms with Crippen molar-refractivity contribution in [2.24, 2.45) is 0 Å². The summed E-state index contributed by atoms with van der Waals surface area (Å²) in [5, 5.41) is 8.35. The summed E-state index contributed by atoms with van der Waals surface area (Å²) in [5.41, 5.74) is 1.37. The summed E-state index contributed by atoms with van der Waals surface area (Å²) in [7, 11) is -2.52. The Morgan fingerprint density at radius 2 is 2.05 bits per heavy atom. The molecule has 8 heteroatoms. The summed E-state index contributed by atoms with van der Waals surface area (Å²) in [6, 6.07) is 7.54. The van der Waals surface area contributed by atoms with E-state index in [1.165, 1.54) is 7.05 Å². The van der Waals surface area contributed by atoms with Crippen LogP contribution in [0.4, 0.5) is 0 Å². The number of carbonyl (C=O) groups is 1. The number of carboxylic acid groups (broad SMARTS) is 1. The summed E-state index contributed by atoms with van der Waals surface area (Å²) in [4.78, 5) is 15.0. The molecule has 0 fully saturated rings. The summed E-state index contributed by atoms with van der Waals surface area (Å²) in [5.74, 6) is -1.74. The largest absolute Gasteiger partial charge is 0.475 e. The first-order chi connectivity index (χ1) is 9.80. The van der Waals surface area contributed by atoms with Crippen molar-refractivity contribution in [1.82, 2.24) is 9.29 Å². The van der Waals surface area contributed by atoms with Crippen LogP contribution in [0.3, 0.4) is 0 Å². The number of rotatable bonds is 5. The van der Waals surface area contributed by atoms with E-state index in [1.807, 2.05) is 13.0 Å². The zero-order valence-electron chi connectivity index (χ0n) is 11.5. The molecule has 2 aromatic rings. The van der Waals surface area contributed by atoms with E-state index in [0.29, 0.717) is 5.69 Å². The molecule has 2 aromatic heterocycles. The number of aromatic carboxylic acids is 1. The van der Waals surface area contributed by atoms with Crippen molar-refractivity contribution in [3.05, 3.63) is 47.5 Å². The quantitative estimate of drug-likeness (QED) is 0.898. The maximum absolute atomic E-state index is 12.3. The lowest BCUT2D eigenvalue weighted by molar-refractivity contribution is 0.0656.